The van der Waals surface area contributed by atoms with Gasteiger partial charge in [0.05, 0.1) is 20.8 Å². The quantitative estimate of drug-likeness (QED) is 0.509. The van der Waals surface area contributed by atoms with Gasteiger partial charge in [-0.15, -0.1) is 11.3 Å². The van der Waals surface area contributed by atoms with Crippen molar-refractivity contribution in [2.45, 2.75) is 32.6 Å². The lowest BCUT2D eigenvalue weighted by Crippen LogP contribution is -2.09. The summed E-state index contributed by atoms with van der Waals surface area (Å²) in [5.74, 6) is 0. The van der Waals surface area contributed by atoms with E-state index in [2.05, 4.69) is 30.0 Å². The Bertz CT molecular complexity index is 854. The van der Waals surface area contributed by atoms with Crippen molar-refractivity contribution in [1.29, 1.82) is 0 Å². The molecule has 4 heteroatoms. The molecule has 1 aliphatic carbocycles. The van der Waals surface area contributed by atoms with Gasteiger partial charge in [0.15, 0.2) is 5.43 Å². The Labute approximate surface area is 140 Å². The molecular weight excluding hydrogens is 304 g/mol. The Balaban J connectivity index is 2.06. The van der Waals surface area contributed by atoms with E-state index in [0.717, 1.165) is 44.9 Å². The number of hydrogen-bond acceptors (Lipinski definition) is 4. The van der Waals surface area contributed by atoms with Crippen molar-refractivity contribution in [2.75, 3.05) is 19.0 Å². The Morgan fingerprint density at radius 1 is 1.13 bits per heavy atom. The molecule has 1 aromatic rings. The molecule has 0 radical (unpaired) electrons. The van der Waals surface area contributed by atoms with E-state index in [4.69, 9.17) is 4.98 Å². The average Bonchev–Trinajstić information content (AvgIpc) is 2.53. The molecule has 0 atom stereocenters. The van der Waals surface area contributed by atoms with Crippen LogP contribution in [0.1, 0.15) is 31.7 Å². The summed E-state index contributed by atoms with van der Waals surface area (Å²) >= 11 is 1.64. The minimum atomic E-state index is 0.148. The Hall–Kier alpha value is -1.94. The number of anilines is 1. The van der Waals surface area contributed by atoms with E-state index in [1.807, 2.05) is 20.2 Å². The minimum Gasteiger partial charge on any atom is -0.378 e. The number of benzene rings is 2. The highest BCUT2D eigenvalue weighted by Crippen LogP contribution is 2.32. The molecule has 1 aliphatic heterocycles. The molecule has 0 N–H and O–H groups in total. The van der Waals surface area contributed by atoms with Crippen LogP contribution in [0.5, 0.6) is 0 Å². The first-order valence-electron chi connectivity index (χ1n) is 8.13. The van der Waals surface area contributed by atoms with Crippen molar-refractivity contribution in [3.63, 3.8) is 0 Å². The number of aryl methyl sites for hydroxylation is 1. The lowest BCUT2D eigenvalue weighted by molar-refractivity contribution is 0.715. The second-order valence-electron chi connectivity index (χ2n) is 6.15. The molecule has 0 saturated heterocycles. The van der Waals surface area contributed by atoms with Crippen LogP contribution in [0, 0.1) is 0 Å². The molecule has 0 spiro atoms. The molecule has 0 unspecified atom stereocenters. The normalized spacial score (nSPS) is 11.3. The van der Waals surface area contributed by atoms with Crippen molar-refractivity contribution in [3.8, 4) is 10.6 Å². The third kappa shape index (κ3) is 3.37. The molecule has 0 saturated carbocycles. The van der Waals surface area contributed by atoms with Crippen LogP contribution in [0.15, 0.2) is 35.1 Å². The third-order valence-electron chi connectivity index (χ3n) is 4.11. The maximum atomic E-state index is 12.3. The van der Waals surface area contributed by atoms with Gasteiger partial charge in [-0.2, -0.15) is 0 Å². The van der Waals surface area contributed by atoms with Crippen LogP contribution in [0.2, 0.25) is 0 Å². The van der Waals surface area contributed by atoms with Gasteiger partial charge < -0.3 is 4.90 Å². The summed E-state index contributed by atoms with van der Waals surface area (Å²) in [5, 5.41) is 0. The van der Waals surface area contributed by atoms with Gasteiger partial charge in [0.2, 0.25) is 0 Å². The van der Waals surface area contributed by atoms with E-state index in [9.17, 15) is 4.79 Å². The van der Waals surface area contributed by atoms with Crippen LogP contribution in [0.3, 0.4) is 0 Å². The number of hydrogen-bond donors (Lipinski definition) is 0. The fourth-order valence-corrected chi connectivity index (χ4v) is 3.74. The lowest BCUT2D eigenvalue weighted by Gasteiger charge is -2.14. The largest absolute Gasteiger partial charge is 0.378 e. The molecule has 3 rings (SSSR count). The number of rotatable bonds is 5. The second kappa shape index (κ2) is 6.67. The van der Waals surface area contributed by atoms with E-state index in [-0.39, 0.29) is 5.43 Å². The fraction of sp³-hybridized carbons (Fsp3) is 0.368. The minimum absolute atomic E-state index is 0.148. The lowest BCUT2D eigenvalue weighted by atomic mass is 10.0. The molecule has 0 bridgehead atoms. The summed E-state index contributed by atoms with van der Waals surface area (Å²) < 4.78 is 1.11. The Morgan fingerprint density at radius 3 is 2.70 bits per heavy atom. The summed E-state index contributed by atoms with van der Waals surface area (Å²) in [5.41, 5.74) is 4.12. The van der Waals surface area contributed by atoms with Gasteiger partial charge in [0.25, 0.3) is 0 Å². The molecule has 0 amide bonds. The Morgan fingerprint density at radius 2 is 1.96 bits per heavy atom. The molecule has 1 heterocycles. The highest BCUT2D eigenvalue weighted by atomic mass is 32.1. The number of aromatic nitrogens is 1. The summed E-state index contributed by atoms with van der Waals surface area (Å²) in [6, 6.07) is 10.0. The monoisotopic (exact) mass is 326 g/mol. The van der Waals surface area contributed by atoms with Crippen molar-refractivity contribution in [3.05, 3.63) is 46.1 Å². The second-order valence-corrected chi connectivity index (χ2v) is 7.23. The zero-order valence-electron chi connectivity index (χ0n) is 13.9. The van der Waals surface area contributed by atoms with Crippen LogP contribution in [-0.2, 0) is 6.42 Å². The van der Waals surface area contributed by atoms with E-state index >= 15 is 0 Å². The van der Waals surface area contributed by atoms with E-state index in [1.54, 1.807) is 17.4 Å². The molecule has 0 aromatic heterocycles. The van der Waals surface area contributed by atoms with Gasteiger partial charge >= 0.3 is 0 Å². The number of nitrogens with zero attached hydrogens (tertiary/aromatic N) is 2. The highest BCUT2D eigenvalue weighted by Gasteiger charge is 2.12. The SMILES string of the molecule is CCCCCc1cc2nc3ccc(N(C)C)cc3sc-2cc1=O. The molecule has 23 heavy (non-hydrogen) atoms. The van der Waals surface area contributed by atoms with Gasteiger partial charge in [0, 0.05) is 31.4 Å². The summed E-state index contributed by atoms with van der Waals surface area (Å²) in [6.07, 6.45) is 4.26. The Kier molecular flexibility index (Phi) is 4.62. The van der Waals surface area contributed by atoms with Crippen molar-refractivity contribution in [1.82, 2.24) is 4.98 Å². The predicted molar refractivity (Wildman–Crippen MR) is 100 cm³/mol. The molecular formula is C19H22N2OS. The predicted octanol–water partition coefficient (Wildman–Crippen LogP) is 4.56. The van der Waals surface area contributed by atoms with Crippen molar-refractivity contribution >= 4 is 27.2 Å². The van der Waals surface area contributed by atoms with E-state index in [0.29, 0.717) is 0 Å². The van der Waals surface area contributed by atoms with Crippen molar-refractivity contribution < 1.29 is 0 Å². The molecule has 0 fully saturated rings. The zero-order chi connectivity index (χ0) is 16.4. The van der Waals surface area contributed by atoms with Crippen LogP contribution >= 0.6 is 11.3 Å². The zero-order valence-corrected chi connectivity index (χ0v) is 14.7. The van der Waals surface area contributed by atoms with Gasteiger partial charge in [-0.05, 0) is 37.1 Å². The maximum Gasteiger partial charge on any atom is 0.183 e. The first-order chi connectivity index (χ1) is 11.1. The van der Waals surface area contributed by atoms with E-state index < -0.39 is 0 Å². The summed E-state index contributed by atoms with van der Waals surface area (Å²) in [6.45, 7) is 2.18. The molecule has 2 aliphatic rings. The van der Waals surface area contributed by atoms with Gasteiger partial charge in [-0.25, -0.2) is 4.98 Å². The third-order valence-corrected chi connectivity index (χ3v) is 5.21. The van der Waals surface area contributed by atoms with Gasteiger partial charge in [-0.3, -0.25) is 4.79 Å². The first-order valence-corrected chi connectivity index (χ1v) is 8.95. The number of fused-ring (bicyclic) bond motifs is 2. The van der Waals surface area contributed by atoms with Crippen LogP contribution in [0.4, 0.5) is 5.69 Å². The van der Waals surface area contributed by atoms with Crippen LogP contribution < -0.4 is 10.3 Å². The first kappa shape index (κ1) is 15.9. The molecule has 120 valence electrons. The standard InChI is InChI=1S/C19H22N2OS/c1-4-5-6-7-13-10-16-19(12-17(13)22)23-18-11-14(21(2)3)8-9-15(18)20-16/h8-12H,4-7H2,1-3H3. The van der Waals surface area contributed by atoms with Gasteiger partial charge in [0.1, 0.15) is 0 Å². The molecule has 3 nitrogen and oxygen atoms in total. The van der Waals surface area contributed by atoms with Crippen LogP contribution in [0.25, 0.3) is 20.8 Å². The average molecular weight is 326 g/mol. The fourth-order valence-electron chi connectivity index (χ4n) is 2.73. The number of unbranched alkanes of at least 4 members (excludes halogenated alkanes) is 2. The molecule has 1 aromatic carbocycles. The maximum absolute atomic E-state index is 12.3. The van der Waals surface area contributed by atoms with Crippen molar-refractivity contribution in [2.24, 2.45) is 0 Å². The smallest absolute Gasteiger partial charge is 0.183 e. The summed E-state index contributed by atoms with van der Waals surface area (Å²) in [4.78, 5) is 20.1. The topological polar surface area (TPSA) is 33.2 Å². The summed E-state index contributed by atoms with van der Waals surface area (Å²) in [7, 11) is 4.05. The van der Waals surface area contributed by atoms with E-state index in [1.165, 1.54) is 12.8 Å². The van der Waals surface area contributed by atoms with Gasteiger partial charge in [-0.1, -0.05) is 19.8 Å². The van der Waals surface area contributed by atoms with Crippen LogP contribution in [-0.4, -0.2) is 19.1 Å². The highest BCUT2D eigenvalue weighted by molar-refractivity contribution is 7.21.